The lowest BCUT2D eigenvalue weighted by atomic mass is 9.61. The SMILES string of the molecule is CC1c2c(OC3CC4(C3)CN(c3ncnnc3Oc3ccc(F)cc3C(=O)N(C(C)C)C3CC(F)(F)C3)C4)ccnc2CCN1CCCCl. The summed E-state index contributed by atoms with van der Waals surface area (Å²) in [6, 6.07) is 4.75. The number of hydrogen-bond donors (Lipinski definition) is 0. The molecule has 2 aliphatic heterocycles. The van der Waals surface area contributed by atoms with E-state index in [0.29, 0.717) is 24.8 Å². The van der Waals surface area contributed by atoms with Gasteiger partial charge in [0.1, 0.15) is 29.7 Å². The summed E-state index contributed by atoms with van der Waals surface area (Å²) in [6.07, 6.45) is 6.01. The van der Waals surface area contributed by atoms with Crippen LogP contribution in [-0.4, -0.2) is 92.0 Å². The number of carbonyl (C=O) groups is 1. The molecule has 262 valence electrons. The molecule has 4 aliphatic rings. The lowest BCUT2D eigenvalue weighted by Gasteiger charge is -2.58. The number of pyridine rings is 1. The molecule has 1 spiro atoms. The van der Waals surface area contributed by atoms with Crippen molar-refractivity contribution in [1.29, 1.82) is 0 Å². The Hall–Kier alpha value is -3.71. The predicted octanol–water partition coefficient (Wildman–Crippen LogP) is 6.44. The molecule has 1 unspecified atom stereocenters. The molecular weight excluding hydrogens is 659 g/mol. The van der Waals surface area contributed by atoms with E-state index in [1.165, 1.54) is 28.9 Å². The number of rotatable bonds is 11. The molecule has 0 radical (unpaired) electrons. The third kappa shape index (κ3) is 6.63. The average Bonchev–Trinajstić information content (AvgIpc) is 3.01. The molecule has 10 nitrogen and oxygen atoms in total. The normalized spacial score (nSPS) is 21.5. The summed E-state index contributed by atoms with van der Waals surface area (Å²) < 4.78 is 54.6. The van der Waals surface area contributed by atoms with Crippen molar-refractivity contribution < 1.29 is 27.4 Å². The highest BCUT2D eigenvalue weighted by atomic mass is 35.5. The van der Waals surface area contributed by atoms with Gasteiger partial charge in [-0.15, -0.1) is 21.8 Å². The van der Waals surface area contributed by atoms with Crippen molar-refractivity contribution in [3.63, 3.8) is 0 Å². The minimum Gasteiger partial charge on any atom is -0.490 e. The zero-order valence-corrected chi connectivity index (χ0v) is 28.7. The van der Waals surface area contributed by atoms with Crippen molar-refractivity contribution in [2.45, 2.75) is 89.4 Å². The smallest absolute Gasteiger partial charge is 0.282 e. The molecule has 1 saturated heterocycles. The van der Waals surface area contributed by atoms with Gasteiger partial charge in [-0.25, -0.2) is 18.2 Å². The molecule has 2 aromatic heterocycles. The first-order valence-corrected chi connectivity index (χ1v) is 17.5. The lowest BCUT2D eigenvalue weighted by molar-refractivity contribution is -0.120. The van der Waals surface area contributed by atoms with E-state index in [2.05, 4.69) is 32.0 Å². The van der Waals surface area contributed by atoms with E-state index in [9.17, 15) is 18.0 Å². The molecule has 49 heavy (non-hydrogen) atoms. The van der Waals surface area contributed by atoms with Crippen LogP contribution >= 0.6 is 11.6 Å². The number of halogens is 4. The second-order valence-corrected chi connectivity index (χ2v) is 14.6. The maximum Gasteiger partial charge on any atom is 0.282 e. The molecule has 3 fully saturated rings. The molecule has 0 bridgehead atoms. The lowest BCUT2D eigenvalue weighted by Crippen LogP contribution is -2.65. The summed E-state index contributed by atoms with van der Waals surface area (Å²) in [5.74, 6) is -1.91. The van der Waals surface area contributed by atoms with Crippen LogP contribution in [0.15, 0.2) is 36.8 Å². The minimum atomic E-state index is -2.82. The number of ether oxygens (including phenoxy) is 2. The zero-order valence-electron chi connectivity index (χ0n) is 27.9. The van der Waals surface area contributed by atoms with Gasteiger partial charge in [-0.3, -0.25) is 14.7 Å². The van der Waals surface area contributed by atoms with Crippen molar-refractivity contribution in [2.75, 3.05) is 37.0 Å². The largest absolute Gasteiger partial charge is 0.490 e. The highest BCUT2D eigenvalue weighted by Crippen LogP contribution is 2.52. The molecule has 1 aromatic carbocycles. The van der Waals surface area contributed by atoms with E-state index in [0.717, 1.165) is 56.3 Å². The number of amides is 1. The van der Waals surface area contributed by atoms with Gasteiger partial charge in [0.15, 0.2) is 5.82 Å². The standard InChI is InChI=1S/C35H41ClF3N7O3/c1-21(2)46(24-14-35(38,39)15-24)33(47)26-13-23(37)5-6-28(26)49-32-31(41-20-42-43-32)45-18-34(19-45)16-25(17-34)48-29-7-10-40-27-8-12-44(11-4-9-36)22(3)30(27)29/h5-7,10,13,20-22,24-25H,4,8-9,11-12,14-19H2,1-3H3. The maximum atomic E-state index is 14.5. The maximum absolute atomic E-state index is 14.5. The Kier molecular flexibility index (Phi) is 9.10. The highest BCUT2D eigenvalue weighted by molar-refractivity contribution is 6.17. The topological polar surface area (TPSA) is 96.8 Å². The zero-order chi connectivity index (χ0) is 34.5. The van der Waals surface area contributed by atoms with Crippen molar-refractivity contribution >= 4 is 23.3 Å². The number of aromatic nitrogens is 4. The molecule has 7 rings (SSSR count). The fourth-order valence-corrected chi connectivity index (χ4v) is 8.09. The summed E-state index contributed by atoms with van der Waals surface area (Å²) in [6.45, 7) is 9.04. The third-order valence-corrected chi connectivity index (χ3v) is 10.7. The van der Waals surface area contributed by atoms with Crippen LogP contribution in [0.5, 0.6) is 17.4 Å². The van der Waals surface area contributed by atoms with Crippen LogP contribution < -0.4 is 14.4 Å². The van der Waals surface area contributed by atoms with Gasteiger partial charge in [0.05, 0.1) is 11.3 Å². The molecule has 4 heterocycles. The Morgan fingerprint density at radius 2 is 1.90 bits per heavy atom. The van der Waals surface area contributed by atoms with Crippen LogP contribution in [0.3, 0.4) is 0 Å². The van der Waals surface area contributed by atoms with E-state index in [1.807, 2.05) is 17.2 Å². The van der Waals surface area contributed by atoms with E-state index in [-0.39, 0.29) is 40.8 Å². The number of hydrogen-bond acceptors (Lipinski definition) is 9. The third-order valence-electron chi connectivity index (χ3n) is 10.4. The number of fused-ring (bicyclic) bond motifs is 1. The minimum absolute atomic E-state index is 0.0511. The van der Waals surface area contributed by atoms with E-state index in [4.69, 9.17) is 21.1 Å². The van der Waals surface area contributed by atoms with Crippen molar-refractivity contribution in [3.8, 4) is 17.4 Å². The number of carbonyl (C=O) groups excluding carboxylic acids is 1. The van der Waals surface area contributed by atoms with Crippen LogP contribution in [0.1, 0.15) is 80.5 Å². The van der Waals surface area contributed by atoms with Crippen LogP contribution in [0.4, 0.5) is 19.0 Å². The summed E-state index contributed by atoms with van der Waals surface area (Å²) in [4.78, 5) is 28.6. The Bertz CT molecular complexity index is 1690. The molecule has 3 aromatic rings. The first-order chi connectivity index (χ1) is 23.5. The molecule has 1 atom stereocenters. The first-order valence-electron chi connectivity index (χ1n) is 17.0. The van der Waals surface area contributed by atoms with Crippen molar-refractivity contribution in [2.24, 2.45) is 5.41 Å². The highest BCUT2D eigenvalue weighted by Gasteiger charge is 2.55. The van der Waals surface area contributed by atoms with Crippen molar-refractivity contribution in [1.82, 2.24) is 30.0 Å². The van der Waals surface area contributed by atoms with Gasteiger partial charge >= 0.3 is 0 Å². The number of nitrogens with zero attached hydrogens (tertiary/aromatic N) is 7. The van der Waals surface area contributed by atoms with Gasteiger partial charge in [-0.2, -0.15) is 0 Å². The number of anilines is 1. The second-order valence-electron chi connectivity index (χ2n) is 14.2. The number of alkyl halides is 3. The summed E-state index contributed by atoms with van der Waals surface area (Å²) in [5.41, 5.74) is 2.27. The fourth-order valence-electron chi connectivity index (χ4n) is 7.97. The van der Waals surface area contributed by atoms with E-state index in [1.54, 1.807) is 13.8 Å². The Morgan fingerprint density at radius 3 is 2.61 bits per heavy atom. The Labute approximate surface area is 289 Å². The molecular formula is C35H41ClF3N7O3. The Morgan fingerprint density at radius 1 is 1.12 bits per heavy atom. The second kappa shape index (κ2) is 13.2. The van der Waals surface area contributed by atoms with Gasteiger partial charge in [-0.1, -0.05) is 0 Å². The number of benzene rings is 1. The quantitative estimate of drug-likeness (QED) is 0.210. The van der Waals surface area contributed by atoms with Gasteiger partial charge in [-0.05, 0) is 70.8 Å². The molecule has 2 aliphatic carbocycles. The van der Waals surface area contributed by atoms with Crippen molar-refractivity contribution in [3.05, 3.63) is 59.4 Å². The van der Waals surface area contributed by atoms with Crippen LogP contribution in [0.25, 0.3) is 0 Å². The average molecular weight is 700 g/mol. The van der Waals surface area contributed by atoms with Gasteiger partial charge in [0.25, 0.3) is 17.7 Å². The van der Waals surface area contributed by atoms with Gasteiger partial charge in [0.2, 0.25) is 0 Å². The van der Waals surface area contributed by atoms with Gasteiger partial charge in [0, 0.05) is 80.1 Å². The monoisotopic (exact) mass is 699 g/mol. The predicted molar refractivity (Wildman–Crippen MR) is 177 cm³/mol. The molecule has 2 saturated carbocycles. The summed E-state index contributed by atoms with van der Waals surface area (Å²) in [7, 11) is 0. The van der Waals surface area contributed by atoms with E-state index < -0.39 is 36.5 Å². The van der Waals surface area contributed by atoms with Crippen LogP contribution in [0.2, 0.25) is 0 Å². The molecule has 14 heteroatoms. The van der Waals surface area contributed by atoms with Gasteiger partial charge < -0.3 is 19.3 Å². The first kappa shape index (κ1) is 33.8. The summed E-state index contributed by atoms with van der Waals surface area (Å²) >= 11 is 5.97. The molecule has 1 amide bonds. The van der Waals surface area contributed by atoms with Crippen LogP contribution in [-0.2, 0) is 6.42 Å². The fraction of sp³-hybridized carbons (Fsp3) is 0.571. The van der Waals surface area contributed by atoms with E-state index >= 15 is 0 Å². The summed E-state index contributed by atoms with van der Waals surface area (Å²) in [5, 5.41) is 8.06. The molecule has 0 N–H and O–H groups in total. The Balaban J connectivity index is 1.01. The van der Waals surface area contributed by atoms with Crippen LogP contribution in [0, 0.1) is 11.2 Å².